The van der Waals surface area contributed by atoms with E-state index in [4.69, 9.17) is 11.6 Å². The molecule has 10 heteroatoms. The first kappa shape index (κ1) is 18.1. The average molecular weight is 511 g/mol. The molecule has 0 aliphatic carbocycles. The van der Waals surface area contributed by atoms with Crippen molar-refractivity contribution in [2.24, 2.45) is 0 Å². The van der Waals surface area contributed by atoms with Gasteiger partial charge in [0.25, 0.3) is 5.91 Å². The number of rotatable bonds is 4. The first-order valence-electron chi connectivity index (χ1n) is 7.79. The highest BCUT2D eigenvalue weighted by Crippen LogP contribution is 2.25. The second-order valence-corrected chi connectivity index (χ2v) is 7.67. The Bertz CT molecular complexity index is 1160. The molecule has 7 nitrogen and oxygen atoms in total. The Kier molecular flexibility index (Phi) is 4.98. The summed E-state index contributed by atoms with van der Waals surface area (Å²) in [5.41, 5.74) is 1.72. The van der Waals surface area contributed by atoms with Crippen LogP contribution in [0.1, 0.15) is 16.1 Å². The van der Waals surface area contributed by atoms with Crippen LogP contribution in [0.5, 0.6) is 0 Å². The molecule has 0 bridgehead atoms. The van der Waals surface area contributed by atoms with E-state index in [2.05, 4.69) is 52.4 Å². The van der Waals surface area contributed by atoms with Gasteiger partial charge in [0.15, 0.2) is 17.2 Å². The summed E-state index contributed by atoms with van der Waals surface area (Å²) in [7, 11) is 0. The predicted molar refractivity (Wildman–Crippen MR) is 109 cm³/mol. The molecule has 0 radical (unpaired) electrons. The van der Waals surface area contributed by atoms with Crippen LogP contribution < -0.4 is 5.32 Å². The molecule has 1 amide bonds. The maximum atomic E-state index is 12.6. The van der Waals surface area contributed by atoms with Gasteiger partial charge in [-0.05, 0) is 49.6 Å². The Morgan fingerprint density at radius 1 is 1.19 bits per heavy atom. The quantitative estimate of drug-likeness (QED) is 0.442. The average Bonchev–Trinajstić information content (AvgIpc) is 3.17. The van der Waals surface area contributed by atoms with Crippen molar-refractivity contribution in [2.45, 2.75) is 6.54 Å². The van der Waals surface area contributed by atoms with E-state index in [0.29, 0.717) is 32.0 Å². The van der Waals surface area contributed by atoms with E-state index in [9.17, 15) is 4.79 Å². The van der Waals surface area contributed by atoms with Crippen LogP contribution in [-0.2, 0) is 6.54 Å². The Morgan fingerprint density at radius 2 is 2.00 bits per heavy atom. The van der Waals surface area contributed by atoms with Gasteiger partial charge in [-0.3, -0.25) is 9.48 Å². The highest BCUT2D eigenvalue weighted by molar-refractivity contribution is 9.11. The van der Waals surface area contributed by atoms with Gasteiger partial charge >= 0.3 is 0 Å². The minimum atomic E-state index is -0.393. The third-order valence-electron chi connectivity index (χ3n) is 3.79. The van der Waals surface area contributed by atoms with Crippen LogP contribution in [0.2, 0.25) is 5.02 Å². The fraction of sp³-hybridized carbons (Fsp3) is 0.0588. The maximum Gasteiger partial charge on any atom is 0.278 e. The third-order valence-corrected chi connectivity index (χ3v) is 5.47. The van der Waals surface area contributed by atoms with Crippen LogP contribution in [-0.4, -0.2) is 30.3 Å². The Hall–Kier alpha value is -2.23. The number of halogens is 3. The number of carbonyl (C=O) groups is 1. The molecule has 27 heavy (non-hydrogen) atoms. The molecule has 0 saturated heterocycles. The van der Waals surface area contributed by atoms with E-state index in [1.54, 1.807) is 29.3 Å². The first-order valence-corrected chi connectivity index (χ1v) is 9.76. The van der Waals surface area contributed by atoms with Crippen molar-refractivity contribution in [2.75, 3.05) is 5.32 Å². The number of nitrogens with zero attached hydrogens (tertiary/aromatic N) is 5. The standard InChI is InChI=1S/C17H11Br2ClN6O/c18-11-9-25(8-10-4-1-2-5-12(10)20)24-15(11)22-17(27)14-13(19)16-21-6-3-7-26(16)23-14/h1-7,9H,8H2,(H,22,24,27). The summed E-state index contributed by atoms with van der Waals surface area (Å²) < 4.78 is 4.40. The molecule has 0 unspecified atom stereocenters. The van der Waals surface area contributed by atoms with Crippen LogP contribution in [0, 0.1) is 0 Å². The summed E-state index contributed by atoms with van der Waals surface area (Å²) in [5.74, 6) is 0.0000346. The summed E-state index contributed by atoms with van der Waals surface area (Å²) >= 11 is 13.0. The molecule has 0 atom stereocenters. The van der Waals surface area contributed by atoms with Crippen molar-refractivity contribution in [3.05, 3.63) is 74.1 Å². The largest absolute Gasteiger partial charge is 0.303 e. The van der Waals surface area contributed by atoms with Gasteiger partial charge in [-0.15, -0.1) is 0 Å². The molecule has 4 rings (SSSR count). The number of fused-ring (bicyclic) bond motifs is 1. The van der Waals surface area contributed by atoms with Crippen LogP contribution in [0.25, 0.3) is 5.65 Å². The lowest BCUT2D eigenvalue weighted by molar-refractivity contribution is 0.102. The van der Waals surface area contributed by atoms with E-state index >= 15 is 0 Å². The lowest BCUT2D eigenvalue weighted by Gasteiger charge is -2.04. The summed E-state index contributed by atoms with van der Waals surface area (Å²) in [6.07, 6.45) is 5.13. The van der Waals surface area contributed by atoms with Crippen LogP contribution in [0.4, 0.5) is 5.82 Å². The zero-order chi connectivity index (χ0) is 19.0. The van der Waals surface area contributed by atoms with Crippen molar-refractivity contribution >= 4 is 60.8 Å². The van der Waals surface area contributed by atoms with E-state index in [1.807, 2.05) is 24.3 Å². The first-order chi connectivity index (χ1) is 13.0. The Balaban J connectivity index is 1.57. The second kappa shape index (κ2) is 7.41. The fourth-order valence-electron chi connectivity index (χ4n) is 2.53. The van der Waals surface area contributed by atoms with Crippen molar-refractivity contribution in [3.63, 3.8) is 0 Å². The summed E-state index contributed by atoms with van der Waals surface area (Å²) in [5, 5.41) is 12.1. The Labute approximate surface area is 175 Å². The SMILES string of the molecule is O=C(Nc1nn(Cc2ccccc2Cl)cc1Br)c1nn2cccnc2c1Br. The zero-order valence-electron chi connectivity index (χ0n) is 13.6. The normalized spacial score (nSPS) is 11.1. The number of carbonyl (C=O) groups excluding carboxylic acids is 1. The van der Waals surface area contributed by atoms with Crippen molar-refractivity contribution in [1.29, 1.82) is 0 Å². The molecular formula is C17H11Br2ClN6O. The lowest BCUT2D eigenvalue weighted by atomic mass is 10.2. The molecular weight excluding hydrogens is 499 g/mol. The van der Waals surface area contributed by atoms with Gasteiger partial charge in [-0.1, -0.05) is 29.8 Å². The number of aromatic nitrogens is 5. The molecule has 0 spiro atoms. The molecule has 136 valence electrons. The number of hydrogen-bond donors (Lipinski definition) is 1. The number of anilines is 1. The minimum absolute atomic E-state index is 0.223. The van der Waals surface area contributed by atoms with Gasteiger partial charge in [-0.2, -0.15) is 10.2 Å². The van der Waals surface area contributed by atoms with Gasteiger partial charge in [0.05, 0.1) is 15.5 Å². The van der Waals surface area contributed by atoms with E-state index < -0.39 is 5.91 Å². The topological polar surface area (TPSA) is 77.1 Å². The van der Waals surface area contributed by atoms with Gasteiger partial charge < -0.3 is 5.32 Å². The smallest absolute Gasteiger partial charge is 0.278 e. The molecule has 4 aromatic rings. The molecule has 3 aromatic heterocycles. The van der Waals surface area contributed by atoms with E-state index in [0.717, 1.165) is 5.56 Å². The molecule has 0 aliphatic rings. The highest BCUT2D eigenvalue weighted by atomic mass is 79.9. The lowest BCUT2D eigenvalue weighted by Crippen LogP contribution is -2.14. The van der Waals surface area contributed by atoms with Gasteiger partial charge in [0.2, 0.25) is 0 Å². The van der Waals surface area contributed by atoms with Crippen LogP contribution in [0.3, 0.4) is 0 Å². The predicted octanol–water partition coefficient (Wildman–Crippen LogP) is 4.40. The molecule has 0 saturated carbocycles. The summed E-state index contributed by atoms with van der Waals surface area (Å²) in [6.45, 7) is 0.482. The molecule has 0 fully saturated rings. The number of benzene rings is 1. The maximum absolute atomic E-state index is 12.6. The van der Waals surface area contributed by atoms with Crippen LogP contribution >= 0.6 is 43.5 Å². The second-order valence-electron chi connectivity index (χ2n) is 5.62. The van der Waals surface area contributed by atoms with Gasteiger partial charge in [0, 0.05) is 23.6 Å². The van der Waals surface area contributed by atoms with E-state index in [-0.39, 0.29) is 5.69 Å². The molecule has 0 aliphatic heterocycles. The van der Waals surface area contributed by atoms with Crippen molar-refractivity contribution < 1.29 is 4.79 Å². The minimum Gasteiger partial charge on any atom is -0.303 e. The molecule has 3 heterocycles. The van der Waals surface area contributed by atoms with Gasteiger partial charge in [-0.25, -0.2) is 9.50 Å². The Morgan fingerprint density at radius 3 is 2.78 bits per heavy atom. The number of amides is 1. The number of hydrogen-bond acceptors (Lipinski definition) is 4. The molecule has 1 aromatic carbocycles. The highest BCUT2D eigenvalue weighted by Gasteiger charge is 2.20. The summed E-state index contributed by atoms with van der Waals surface area (Å²) in [6, 6.07) is 9.28. The number of nitrogens with one attached hydrogen (secondary N) is 1. The van der Waals surface area contributed by atoms with Gasteiger partial charge in [0.1, 0.15) is 0 Å². The fourth-order valence-corrected chi connectivity index (χ4v) is 3.69. The third kappa shape index (κ3) is 3.62. The van der Waals surface area contributed by atoms with Crippen molar-refractivity contribution in [1.82, 2.24) is 24.4 Å². The van der Waals surface area contributed by atoms with Crippen LogP contribution in [0.15, 0.2) is 57.9 Å². The monoisotopic (exact) mass is 508 g/mol. The summed E-state index contributed by atoms with van der Waals surface area (Å²) in [4.78, 5) is 16.8. The molecule has 1 N–H and O–H groups in total. The van der Waals surface area contributed by atoms with Crippen molar-refractivity contribution in [3.8, 4) is 0 Å². The van der Waals surface area contributed by atoms with E-state index in [1.165, 1.54) is 4.52 Å². The zero-order valence-corrected chi connectivity index (χ0v) is 17.5.